The zero-order valence-electron chi connectivity index (χ0n) is 10.9. The van der Waals surface area contributed by atoms with Gasteiger partial charge in [-0.25, -0.2) is 0 Å². The van der Waals surface area contributed by atoms with Crippen molar-refractivity contribution in [2.75, 3.05) is 11.9 Å². The van der Waals surface area contributed by atoms with E-state index in [0.29, 0.717) is 18.5 Å². The second-order valence-electron chi connectivity index (χ2n) is 4.14. The van der Waals surface area contributed by atoms with E-state index in [1.165, 1.54) is 11.5 Å². The van der Waals surface area contributed by atoms with Gasteiger partial charge < -0.3 is 10.6 Å². The number of aryl methyl sites for hydroxylation is 1. The van der Waals surface area contributed by atoms with E-state index < -0.39 is 0 Å². The molecule has 2 N–H and O–H groups in total. The van der Waals surface area contributed by atoms with Crippen molar-refractivity contribution in [2.45, 2.75) is 39.7 Å². The second-order valence-corrected chi connectivity index (χ2v) is 4.91. The van der Waals surface area contributed by atoms with E-state index in [1.54, 1.807) is 6.92 Å². The van der Waals surface area contributed by atoms with Crippen LogP contribution in [0.15, 0.2) is 0 Å². The van der Waals surface area contributed by atoms with Crippen LogP contribution in [0.2, 0.25) is 0 Å². The quantitative estimate of drug-likeness (QED) is 0.826. The van der Waals surface area contributed by atoms with Crippen molar-refractivity contribution in [3.8, 4) is 6.07 Å². The Labute approximate surface area is 111 Å². The Morgan fingerprint density at radius 1 is 1.61 bits per heavy atom. The van der Waals surface area contributed by atoms with Crippen LogP contribution >= 0.6 is 11.5 Å². The number of hydrogen-bond acceptors (Lipinski definition) is 5. The van der Waals surface area contributed by atoms with Crippen molar-refractivity contribution < 1.29 is 4.79 Å². The van der Waals surface area contributed by atoms with Gasteiger partial charge in [0.05, 0.1) is 5.69 Å². The molecule has 0 saturated carbocycles. The first-order chi connectivity index (χ1) is 8.58. The van der Waals surface area contributed by atoms with Gasteiger partial charge in [0.1, 0.15) is 16.6 Å². The molecule has 0 aromatic carbocycles. The van der Waals surface area contributed by atoms with Gasteiger partial charge in [-0.3, -0.25) is 4.79 Å². The van der Waals surface area contributed by atoms with Crippen molar-refractivity contribution in [3.05, 3.63) is 11.3 Å². The molecule has 98 valence electrons. The van der Waals surface area contributed by atoms with Crippen LogP contribution in [0.4, 0.5) is 5.00 Å². The van der Waals surface area contributed by atoms with Crippen LogP contribution in [0.3, 0.4) is 0 Å². The topological polar surface area (TPSA) is 77.8 Å². The molecule has 0 spiro atoms. The lowest BCUT2D eigenvalue weighted by Crippen LogP contribution is -2.32. The largest absolute Gasteiger partial charge is 0.374 e. The fourth-order valence-electron chi connectivity index (χ4n) is 1.36. The van der Waals surface area contributed by atoms with Crippen LogP contribution < -0.4 is 10.6 Å². The lowest BCUT2D eigenvalue weighted by Gasteiger charge is -2.11. The Morgan fingerprint density at radius 3 is 2.94 bits per heavy atom. The van der Waals surface area contributed by atoms with Gasteiger partial charge in [0.15, 0.2) is 0 Å². The summed E-state index contributed by atoms with van der Waals surface area (Å²) in [6.07, 6.45) is 1.32. The third-order valence-electron chi connectivity index (χ3n) is 2.63. The lowest BCUT2D eigenvalue weighted by molar-refractivity contribution is -0.121. The number of carbonyl (C=O) groups is 1. The summed E-state index contributed by atoms with van der Waals surface area (Å²) in [5, 5.41) is 15.7. The highest BCUT2D eigenvalue weighted by atomic mass is 32.1. The minimum absolute atomic E-state index is 0.0246. The van der Waals surface area contributed by atoms with E-state index in [-0.39, 0.29) is 11.9 Å². The Balaban J connectivity index is 2.38. The highest BCUT2D eigenvalue weighted by Gasteiger charge is 2.10. The highest BCUT2D eigenvalue weighted by molar-refractivity contribution is 7.10. The maximum Gasteiger partial charge on any atom is 0.221 e. The third kappa shape index (κ3) is 4.00. The fraction of sp³-hybridized carbons (Fsp3) is 0.583. The van der Waals surface area contributed by atoms with Gasteiger partial charge in [-0.05, 0) is 31.8 Å². The minimum Gasteiger partial charge on any atom is -0.374 e. The summed E-state index contributed by atoms with van der Waals surface area (Å²) >= 11 is 1.26. The van der Waals surface area contributed by atoms with Crippen LogP contribution in [-0.4, -0.2) is 22.9 Å². The molecule has 1 aromatic rings. The monoisotopic (exact) mass is 266 g/mol. The van der Waals surface area contributed by atoms with E-state index in [2.05, 4.69) is 21.1 Å². The second kappa shape index (κ2) is 6.97. The lowest BCUT2D eigenvalue weighted by atomic mass is 10.2. The van der Waals surface area contributed by atoms with Crippen LogP contribution in [0.5, 0.6) is 0 Å². The molecule has 18 heavy (non-hydrogen) atoms. The smallest absolute Gasteiger partial charge is 0.221 e. The van der Waals surface area contributed by atoms with Crippen LogP contribution in [-0.2, 0) is 4.79 Å². The Kier molecular flexibility index (Phi) is 5.59. The molecule has 0 aliphatic rings. The van der Waals surface area contributed by atoms with Gasteiger partial charge in [0.2, 0.25) is 5.91 Å². The zero-order valence-corrected chi connectivity index (χ0v) is 11.7. The molecule has 1 rings (SSSR count). The first kappa shape index (κ1) is 14.5. The summed E-state index contributed by atoms with van der Waals surface area (Å²) in [6, 6.07) is 2.31. The SMILES string of the molecule is CCC(C)NC(=O)CCNc1snc(C)c1C#N. The van der Waals surface area contributed by atoms with E-state index in [1.807, 2.05) is 13.8 Å². The number of amides is 1. The number of rotatable bonds is 6. The van der Waals surface area contributed by atoms with Crippen LogP contribution in [0.1, 0.15) is 37.9 Å². The summed E-state index contributed by atoms with van der Waals surface area (Å²) in [5.41, 5.74) is 1.30. The maximum absolute atomic E-state index is 11.5. The molecule has 1 heterocycles. The van der Waals surface area contributed by atoms with E-state index in [9.17, 15) is 4.79 Å². The number of nitriles is 1. The van der Waals surface area contributed by atoms with Crippen molar-refractivity contribution in [3.63, 3.8) is 0 Å². The van der Waals surface area contributed by atoms with Gasteiger partial charge in [-0.1, -0.05) is 6.92 Å². The number of hydrogen-bond donors (Lipinski definition) is 2. The van der Waals surface area contributed by atoms with Crippen LogP contribution in [0.25, 0.3) is 0 Å². The van der Waals surface area contributed by atoms with Crippen LogP contribution in [0, 0.1) is 18.3 Å². The molecule has 0 bridgehead atoms. The number of nitrogens with one attached hydrogen (secondary N) is 2. The number of aromatic nitrogens is 1. The molecule has 1 unspecified atom stereocenters. The molecule has 5 nitrogen and oxygen atoms in total. The van der Waals surface area contributed by atoms with Gasteiger partial charge in [-0.15, -0.1) is 0 Å². The number of anilines is 1. The standard InChI is InChI=1S/C12H18N4OS/c1-4-8(2)15-11(17)5-6-14-12-10(7-13)9(3)16-18-12/h8,14H,4-6H2,1-3H3,(H,15,17). The van der Waals surface area contributed by atoms with E-state index in [0.717, 1.165) is 17.1 Å². The Hall–Kier alpha value is -1.61. The predicted molar refractivity (Wildman–Crippen MR) is 72.6 cm³/mol. The van der Waals surface area contributed by atoms with Gasteiger partial charge in [0, 0.05) is 19.0 Å². The molecule has 0 fully saturated rings. The Morgan fingerprint density at radius 2 is 2.33 bits per heavy atom. The average molecular weight is 266 g/mol. The minimum atomic E-state index is 0.0246. The highest BCUT2D eigenvalue weighted by Crippen LogP contribution is 2.22. The summed E-state index contributed by atoms with van der Waals surface area (Å²) in [7, 11) is 0. The normalized spacial score (nSPS) is 11.7. The molecular formula is C12H18N4OS. The van der Waals surface area contributed by atoms with E-state index >= 15 is 0 Å². The molecule has 1 aromatic heterocycles. The molecule has 0 radical (unpaired) electrons. The fourth-order valence-corrected chi connectivity index (χ4v) is 2.13. The number of nitrogens with zero attached hydrogens (tertiary/aromatic N) is 2. The van der Waals surface area contributed by atoms with Gasteiger partial charge in [0.25, 0.3) is 0 Å². The summed E-state index contributed by atoms with van der Waals surface area (Å²) < 4.78 is 4.10. The zero-order chi connectivity index (χ0) is 13.5. The average Bonchev–Trinajstić information content (AvgIpc) is 2.69. The van der Waals surface area contributed by atoms with Gasteiger partial charge >= 0.3 is 0 Å². The number of carbonyl (C=O) groups excluding carboxylic acids is 1. The first-order valence-corrected chi connectivity index (χ1v) is 6.75. The van der Waals surface area contributed by atoms with Crippen molar-refractivity contribution in [1.82, 2.24) is 9.69 Å². The molecule has 0 aliphatic heterocycles. The van der Waals surface area contributed by atoms with Gasteiger partial charge in [-0.2, -0.15) is 9.64 Å². The van der Waals surface area contributed by atoms with Crippen molar-refractivity contribution in [1.29, 1.82) is 5.26 Å². The molecular weight excluding hydrogens is 248 g/mol. The predicted octanol–water partition coefficient (Wildman–Crippen LogP) is 2.04. The Bertz CT molecular complexity index is 449. The summed E-state index contributed by atoms with van der Waals surface area (Å²) in [5.74, 6) is 0.0246. The third-order valence-corrected chi connectivity index (χ3v) is 3.53. The molecule has 1 amide bonds. The summed E-state index contributed by atoms with van der Waals surface area (Å²) in [6.45, 7) is 6.32. The van der Waals surface area contributed by atoms with Crippen molar-refractivity contribution >= 4 is 22.4 Å². The molecule has 6 heteroatoms. The molecule has 0 aliphatic carbocycles. The molecule has 1 atom stereocenters. The first-order valence-electron chi connectivity index (χ1n) is 5.98. The molecule has 0 saturated heterocycles. The summed E-state index contributed by atoms with van der Waals surface area (Å²) in [4.78, 5) is 11.5. The van der Waals surface area contributed by atoms with E-state index in [4.69, 9.17) is 5.26 Å². The van der Waals surface area contributed by atoms with Crippen molar-refractivity contribution in [2.24, 2.45) is 0 Å². The maximum atomic E-state index is 11.5.